The highest BCUT2D eigenvalue weighted by Crippen LogP contribution is 2.40. The lowest BCUT2D eigenvalue weighted by Gasteiger charge is -2.29. The van der Waals surface area contributed by atoms with Crippen LogP contribution in [-0.4, -0.2) is 36.3 Å². The Morgan fingerprint density at radius 2 is 1.84 bits per heavy atom. The highest BCUT2D eigenvalue weighted by molar-refractivity contribution is 7.17. The van der Waals surface area contributed by atoms with E-state index < -0.39 is 5.82 Å². The summed E-state index contributed by atoms with van der Waals surface area (Å²) in [5.74, 6) is 0.324. The summed E-state index contributed by atoms with van der Waals surface area (Å²) in [7, 11) is 0. The zero-order chi connectivity index (χ0) is 22.0. The molecule has 0 spiro atoms. The number of carbonyl (C=O) groups is 2. The largest absolute Gasteiger partial charge is 0.319 e. The molecule has 7 heteroatoms. The van der Waals surface area contributed by atoms with E-state index in [0.29, 0.717) is 28.9 Å². The van der Waals surface area contributed by atoms with Crippen molar-refractivity contribution in [2.24, 2.45) is 11.8 Å². The van der Waals surface area contributed by atoms with Crippen molar-refractivity contribution in [1.29, 1.82) is 0 Å². The Morgan fingerprint density at radius 3 is 2.58 bits per heavy atom. The van der Waals surface area contributed by atoms with Gasteiger partial charge in [-0.15, -0.1) is 11.3 Å². The van der Waals surface area contributed by atoms with E-state index in [4.69, 9.17) is 0 Å². The first kappa shape index (κ1) is 22.0. The minimum Gasteiger partial charge on any atom is -0.319 e. The van der Waals surface area contributed by atoms with E-state index >= 15 is 0 Å². The van der Waals surface area contributed by atoms with Crippen LogP contribution in [0.15, 0.2) is 24.3 Å². The van der Waals surface area contributed by atoms with E-state index in [0.717, 1.165) is 55.6 Å². The highest BCUT2D eigenvalue weighted by atomic mass is 32.1. The number of rotatable bonds is 5. The normalized spacial score (nSPS) is 19.6. The minimum absolute atomic E-state index is 0.0962. The molecular formula is C24H30FN3O2S. The van der Waals surface area contributed by atoms with Crippen LogP contribution >= 0.6 is 11.3 Å². The van der Waals surface area contributed by atoms with Crippen molar-refractivity contribution >= 4 is 33.8 Å². The van der Waals surface area contributed by atoms with Gasteiger partial charge in [0.25, 0.3) is 5.91 Å². The standard InChI is InChI=1S/C24H30FN3O2S/c1-15-9-11-28(12-10-15)14-21(29)27-24-22(17-8-7-16(2)13-20(17)31-24)23(30)26-19-6-4-3-5-18(19)25/h3-6,15-16H,7-14H2,1-2H3,(H,26,30)(H,27,29)/t16-/m0/s1. The molecule has 1 aliphatic carbocycles. The van der Waals surface area contributed by atoms with Gasteiger partial charge in [0.1, 0.15) is 10.8 Å². The lowest BCUT2D eigenvalue weighted by Crippen LogP contribution is -2.38. The van der Waals surface area contributed by atoms with Crippen molar-refractivity contribution in [3.8, 4) is 0 Å². The van der Waals surface area contributed by atoms with Crippen LogP contribution in [0.25, 0.3) is 0 Å². The average Bonchev–Trinajstić information content (AvgIpc) is 3.08. The molecule has 2 heterocycles. The second-order valence-corrected chi connectivity index (χ2v) is 10.1. The zero-order valence-electron chi connectivity index (χ0n) is 18.2. The SMILES string of the molecule is CC1CCN(CC(=O)Nc2sc3c(c2C(=O)Nc2ccccc2F)CC[C@H](C)C3)CC1. The Balaban J connectivity index is 1.54. The van der Waals surface area contributed by atoms with Crippen molar-refractivity contribution in [2.75, 3.05) is 30.3 Å². The van der Waals surface area contributed by atoms with Crippen molar-refractivity contribution in [3.05, 3.63) is 46.1 Å². The number of nitrogens with zero attached hydrogens (tertiary/aromatic N) is 1. The molecule has 0 bridgehead atoms. The number of nitrogens with one attached hydrogen (secondary N) is 2. The van der Waals surface area contributed by atoms with E-state index in [1.807, 2.05) is 0 Å². The maximum absolute atomic E-state index is 14.1. The molecule has 1 aromatic heterocycles. The van der Waals surface area contributed by atoms with Crippen LogP contribution < -0.4 is 10.6 Å². The Bertz CT molecular complexity index is 966. The van der Waals surface area contributed by atoms with Crippen LogP contribution in [0, 0.1) is 17.7 Å². The fraction of sp³-hybridized carbons (Fsp3) is 0.500. The van der Waals surface area contributed by atoms with Crippen molar-refractivity contribution in [1.82, 2.24) is 4.90 Å². The number of halogens is 1. The van der Waals surface area contributed by atoms with Gasteiger partial charge in [0.15, 0.2) is 0 Å². The molecule has 0 saturated carbocycles. The number of anilines is 2. The van der Waals surface area contributed by atoms with E-state index in [1.54, 1.807) is 18.2 Å². The number of hydrogen-bond acceptors (Lipinski definition) is 4. The molecule has 1 atom stereocenters. The fourth-order valence-corrected chi connectivity index (χ4v) is 5.84. The number of amides is 2. The number of benzene rings is 1. The molecule has 2 amide bonds. The molecular weight excluding hydrogens is 413 g/mol. The minimum atomic E-state index is -0.474. The van der Waals surface area contributed by atoms with Crippen molar-refractivity contribution in [2.45, 2.75) is 46.0 Å². The van der Waals surface area contributed by atoms with Gasteiger partial charge >= 0.3 is 0 Å². The highest BCUT2D eigenvalue weighted by Gasteiger charge is 2.29. The molecule has 0 radical (unpaired) electrons. The fourth-order valence-electron chi connectivity index (χ4n) is 4.42. The predicted molar refractivity (Wildman–Crippen MR) is 123 cm³/mol. The Kier molecular flexibility index (Phi) is 6.72. The van der Waals surface area contributed by atoms with E-state index in [1.165, 1.54) is 17.4 Å². The Morgan fingerprint density at radius 1 is 1.10 bits per heavy atom. The van der Waals surface area contributed by atoms with E-state index in [-0.39, 0.29) is 17.5 Å². The van der Waals surface area contributed by atoms with Crippen LogP contribution in [0.3, 0.4) is 0 Å². The topological polar surface area (TPSA) is 61.4 Å². The van der Waals surface area contributed by atoms with Gasteiger partial charge in [0.2, 0.25) is 5.91 Å². The molecule has 2 aliphatic rings. The van der Waals surface area contributed by atoms with Gasteiger partial charge in [-0.2, -0.15) is 0 Å². The summed E-state index contributed by atoms with van der Waals surface area (Å²) < 4.78 is 14.1. The zero-order valence-corrected chi connectivity index (χ0v) is 19.0. The Labute approximate surface area is 187 Å². The first-order valence-electron chi connectivity index (χ1n) is 11.1. The van der Waals surface area contributed by atoms with E-state index in [9.17, 15) is 14.0 Å². The van der Waals surface area contributed by atoms with Gasteiger partial charge in [-0.25, -0.2) is 4.39 Å². The van der Waals surface area contributed by atoms with Crippen LogP contribution in [0.1, 0.15) is 53.9 Å². The van der Waals surface area contributed by atoms with Crippen molar-refractivity contribution in [3.63, 3.8) is 0 Å². The second-order valence-electron chi connectivity index (χ2n) is 9.00. The van der Waals surface area contributed by atoms with Gasteiger partial charge in [0.05, 0.1) is 17.8 Å². The number of thiophene rings is 1. The van der Waals surface area contributed by atoms with Gasteiger partial charge in [-0.1, -0.05) is 26.0 Å². The molecule has 1 aliphatic heterocycles. The molecule has 4 rings (SSSR count). The lowest BCUT2D eigenvalue weighted by atomic mass is 9.88. The maximum Gasteiger partial charge on any atom is 0.259 e. The third-order valence-corrected chi connectivity index (χ3v) is 7.53. The second kappa shape index (κ2) is 9.49. The first-order valence-corrected chi connectivity index (χ1v) is 11.9. The van der Waals surface area contributed by atoms with E-state index in [2.05, 4.69) is 29.4 Å². The first-order chi connectivity index (χ1) is 14.9. The molecule has 1 fully saturated rings. The summed E-state index contributed by atoms with van der Waals surface area (Å²) in [5, 5.41) is 6.30. The third-order valence-electron chi connectivity index (χ3n) is 6.36. The smallest absolute Gasteiger partial charge is 0.259 e. The molecule has 31 heavy (non-hydrogen) atoms. The van der Waals surface area contributed by atoms with Gasteiger partial charge in [-0.05, 0) is 74.7 Å². The molecule has 0 unspecified atom stereocenters. The lowest BCUT2D eigenvalue weighted by molar-refractivity contribution is -0.117. The number of fused-ring (bicyclic) bond motifs is 1. The van der Waals surface area contributed by atoms with Gasteiger partial charge in [0, 0.05) is 4.88 Å². The molecule has 2 aromatic rings. The summed E-state index contributed by atoms with van der Waals surface area (Å²) in [5.41, 5.74) is 1.64. The van der Waals surface area contributed by atoms with Gasteiger partial charge in [-0.3, -0.25) is 14.5 Å². The summed E-state index contributed by atoms with van der Waals surface area (Å²) in [4.78, 5) is 29.3. The number of likely N-dealkylation sites (tertiary alicyclic amines) is 1. The number of piperidine rings is 1. The molecule has 1 saturated heterocycles. The summed E-state index contributed by atoms with van der Waals surface area (Å²) in [6.45, 7) is 6.63. The van der Waals surface area contributed by atoms with Crippen LogP contribution in [-0.2, 0) is 17.6 Å². The summed E-state index contributed by atoms with van der Waals surface area (Å²) >= 11 is 1.49. The van der Waals surface area contributed by atoms with Crippen LogP contribution in [0.2, 0.25) is 0 Å². The third kappa shape index (κ3) is 5.15. The molecule has 2 N–H and O–H groups in total. The maximum atomic E-state index is 14.1. The average molecular weight is 444 g/mol. The summed E-state index contributed by atoms with van der Waals surface area (Å²) in [6.07, 6.45) is 4.92. The van der Waals surface area contributed by atoms with Crippen molar-refractivity contribution < 1.29 is 14.0 Å². The monoisotopic (exact) mass is 443 g/mol. The summed E-state index contributed by atoms with van der Waals surface area (Å²) in [6, 6.07) is 6.14. The molecule has 166 valence electrons. The van der Waals surface area contributed by atoms with Gasteiger partial charge < -0.3 is 10.6 Å². The number of hydrogen-bond donors (Lipinski definition) is 2. The quantitative estimate of drug-likeness (QED) is 0.688. The van der Waals surface area contributed by atoms with Crippen LogP contribution in [0.4, 0.5) is 15.1 Å². The van der Waals surface area contributed by atoms with Crippen LogP contribution in [0.5, 0.6) is 0 Å². The number of para-hydroxylation sites is 1. The predicted octanol–water partition coefficient (Wildman–Crippen LogP) is 4.93. The molecule has 5 nitrogen and oxygen atoms in total. The molecule has 1 aromatic carbocycles. The Hall–Kier alpha value is -2.25. The number of carbonyl (C=O) groups excluding carboxylic acids is 2.